The van der Waals surface area contributed by atoms with Crippen LogP contribution in [0.25, 0.3) is 11.6 Å². The van der Waals surface area contributed by atoms with Gasteiger partial charge in [-0.25, -0.2) is 4.90 Å². The second-order valence-corrected chi connectivity index (χ2v) is 13.9. The molecule has 14 heteroatoms. The Morgan fingerprint density at radius 1 is 0.836 bits per heavy atom. The fourth-order valence-electron chi connectivity index (χ4n) is 7.92. The van der Waals surface area contributed by atoms with E-state index < -0.39 is 72.0 Å². The number of amides is 2. The molecule has 55 heavy (non-hydrogen) atoms. The molecule has 2 saturated heterocycles. The molecule has 2 aliphatic heterocycles. The van der Waals surface area contributed by atoms with Crippen LogP contribution in [0.5, 0.6) is 11.5 Å². The van der Waals surface area contributed by atoms with Crippen molar-refractivity contribution in [3.63, 3.8) is 0 Å². The standard InChI is InChI=1S/C41H34BF6NO6/c43-40(44,45)28-19-29(41(46,47)48)21-30(20-28)49-38(51)33-18-27(23-54-32-9-5-2-6-10-32)36-34(37(33)39(49)52)22-42(53)55-35(36)16-13-26(25-7-3-1-4-8-25)17-24-11-14-31(50)15-12-24/h1-12,14-15,17,19-21,33-35,37,50,53H,13,16,18,22-23H2/b26-17-/t33-,34+,35-,37-/m1/s1. The topological polar surface area (TPSA) is 96.3 Å². The van der Waals surface area contributed by atoms with Crippen LogP contribution in [0, 0.1) is 17.8 Å². The SMILES string of the molecule is O=C1[C@@H]2[C@@H](CC(COc3ccccc3)=C3[C@@H](CC/C(=C/c4ccc(O)cc4)c4ccccc4)OB(O)C[C@@H]32)C(=O)N1c1cc(C(F)(F)F)cc(C(F)(F)F)c1. The van der Waals surface area contributed by atoms with E-state index >= 15 is 0 Å². The van der Waals surface area contributed by atoms with Crippen molar-refractivity contribution in [2.24, 2.45) is 17.8 Å². The zero-order chi connectivity index (χ0) is 39.1. The Balaban J connectivity index is 1.26. The molecule has 2 heterocycles. The van der Waals surface area contributed by atoms with Gasteiger partial charge in [-0.3, -0.25) is 9.59 Å². The highest BCUT2D eigenvalue weighted by molar-refractivity contribution is 6.43. The first-order valence-electron chi connectivity index (χ1n) is 17.6. The number of benzene rings is 4. The van der Waals surface area contributed by atoms with Crippen LogP contribution < -0.4 is 9.64 Å². The predicted molar refractivity (Wildman–Crippen MR) is 192 cm³/mol. The Bertz CT molecular complexity index is 2090. The van der Waals surface area contributed by atoms with Crippen molar-refractivity contribution < 1.29 is 55.5 Å². The zero-order valence-electron chi connectivity index (χ0n) is 29.1. The molecule has 3 aliphatic rings. The molecule has 284 valence electrons. The Kier molecular flexibility index (Phi) is 10.4. The third-order valence-corrected chi connectivity index (χ3v) is 10.3. The molecule has 2 N–H and O–H groups in total. The van der Waals surface area contributed by atoms with Crippen molar-refractivity contribution in [3.8, 4) is 11.5 Å². The van der Waals surface area contributed by atoms with Gasteiger partial charge in [-0.05, 0) is 102 Å². The number of hydrogen-bond donors (Lipinski definition) is 2. The van der Waals surface area contributed by atoms with Gasteiger partial charge in [0, 0.05) is 0 Å². The summed E-state index contributed by atoms with van der Waals surface area (Å²) in [4.78, 5) is 28.7. The number of rotatable bonds is 9. The molecule has 4 atom stereocenters. The molecule has 0 bridgehead atoms. The number of halogens is 6. The molecule has 4 aromatic carbocycles. The molecule has 0 unspecified atom stereocenters. The number of carbonyl (C=O) groups is 2. The lowest BCUT2D eigenvalue weighted by Crippen LogP contribution is -2.46. The maximum Gasteiger partial charge on any atom is 0.455 e. The number of ether oxygens (including phenoxy) is 1. The first-order valence-corrected chi connectivity index (χ1v) is 17.6. The fourth-order valence-corrected chi connectivity index (χ4v) is 7.92. The van der Waals surface area contributed by atoms with Gasteiger partial charge in [-0.2, -0.15) is 26.3 Å². The van der Waals surface area contributed by atoms with Gasteiger partial charge >= 0.3 is 19.5 Å². The van der Waals surface area contributed by atoms with Gasteiger partial charge in [0.15, 0.2) is 0 Å². The average Bonchev–Trinajstić information content (AvgIpc) is 3.41. The summed E-state index contributed by atoms with van der Waals surface area (Å²) < 4.78 is 95.3. The Morgan fingerprint density at radius 3 is 2.07 bits per heavy atom. The average molecular weight is 762 g/mol. The number of carbonyl (C=O) groups excluding carboxylic acids is 2. The molecule has 0 aromatic heterocycles. The molecular weight excluding hydrogens is 727 g/mol. The third-order valence-electron chi connectivity index (χ3n) is 10.3. The smallest absolute Gasteiger partial charge is 0.455 e. The number of phenolic OH excluding ortho intramolecular Hbond substituents is 1. The van der Waals surface area contributed by atoms with E-state index in [4.69, 9.17) is 9.39 Å². The second kappa shape index (κ2) is 15.1. The molecule has 0 saturated carbocycles. The summed E-state index contributed by atoms with van der Waals surface area (Å²) in [5.41, 5.74) is -0.312. The van der Waals surface area contributed by atoms with Crippen LogP contribution in [0.15, 0.2) is 114 Å². The van der Waals surface area contributed by atoms with E-state index in [2.05, 4.69) is 0 Å². The summed E-state index contributed by atoms with van der Waals surface area (Å²) in [6.07, 6.45) is -8.74. The van der Waals surface area contributed by atoms with Gasteiger partial charge in [-0.1, -0.05) is 66.7 Å². The van der Waals surface area contributed by atoms with Crippen LogP contribution in [0.3, 0.4) is 0 Å². The van der Waals surface area contributed by atoms with E-state index in [1.54, 1.807) is 54.6 Å². The van der Waals surface area contributed by atoms with E-state index in [-0.39, 0.29) is 31.2 Å². The number of alkyl halides is 6. The maximum absolute atomic E-state index is 14.2. The summed E-state index contributed by atoms with van der Waals surface area (Å²) in [6, 6.07) is 25.6. The van der Waals surface area contributed by atoms with Gasteiger partial charge < -0.3 is 19.5 Å². The second-order valence-electron chi connectivity index (χ2n) is 13.9. The van der Waals surface area contributed by atoms with E-state index in [9.17, 15) is 46.1 Å². The Hall–Kier alpha value is -5.34. The van der Waals surface area contributed by atoms with Crippen LogP contribution in [0.2, 0.25) is 6.32 Å². The number of nitrogens with zero attached hydrogens (tertiary/aromatic N) is 1. The lowest BCUT2D eigenvalue weighted by molar-refractivity contribution is -0.143. The first-order chi connectivity index (χ1) is 26.2. The van der Waals surface area contributed by atoms with Crippen molar-refractivity contribution in [2.45, 2.75) is 44.0 Å². The number of imide groups is 1. The minimum atomic E-state index is -5.20. The summed E-state index contributed by atoms with van der Waals surface area (Å²) >= 11 is 0. The van der Waals surface area contributed by atoms with Crippen molar-refractivity contribution in [1.29, 1.82) is 0 Å². The number of para-hydroxylation sites is 1. The molecule has 7 nitrogen and oxygen atoms in total. The van der Waals surface area contributed by atoms with Crippen molar-refractivity contribution in [2.75, 3.05) is 11.5 Å². The number of phenols is 1. The van der Waals surface area contributed by atoms with Gasteiger partial charge in [0.25, 0.3) is 0 Å². The van der Waals surface area contributed by atoms with Crippen molar-refractivity contribution in [1.82, 2.24) is 0 Å². The van der Waals surface area contributed by atoms with Crippen LogP contribution in [0.1, 0.15) is 41.5 Å². The van der Waals surface area contributed by atoms with Crippen LogP contribution in [0.4, 0.5) is 32.0 Å². The molecule has 0 radical (unpaired) electrons. The Labute approximate surface area is 312 Å². The molecule has 2 fully saturated rings. The number of fused-ring (bicyclic) bond motifs is 3. The molecular formula is C41H34BF6NO6. The van der Waals surface area contributed by atoms with E-state index in [0.29, 0.717) is 46.8 Å². The van der Waals surface area contributed by atoms with E-state index in [0.717, 1.165) is 16.7 Å². The molecule has 7 rings (SSSR count). The first kappa shape index (κ1) is 38.0. The number of aromatic hydroxyl groups is 1. The van der Waals surface area contributed by atoms with E-state index in [1.165, 1.54) is 0 Å². The quantitative estimate of drug-likeness (QED) is 0.0582. The van der Waals surface area contributed by atoms with Crippen molar-refractivity contribution >= 4 is 36.3 Å². The lowest BCUT2D eigenvalue weighted by Gasteiger charge is -2.43. The molecule has 1 aliphatic carbocycles. The third kappa shape index (κ3) is 8.06. The predicted octanol–water partition coefficient (Wildman–Crippen LogP) is 8.83. The number of allylic oxidation sites excluding steroid dienone is 1. The van der Waals surface area contributed by atoms with Crippen LogP contribution in [-0.2, 0) is 26.6 Å². The normalized spacial score (nSPS) is 21.8. The minimum Gasteiger partial charge on any atom is -0.508 e. The lowest BCUT2D eigenvalue weighted by atomic mass is 9.58. The highest BCUT2D eigenvalue weighted by Gasteiger charge is 2.58. The summed E-state index contributed by atoms with van der Waals surface area (Å²) in [6.45, 7) is -0.0484. The number of anilines is 1. The summed E-state index contributed by atoms with van der Waals surface area (Å²) in [7, 11) is -1.39. The van der Waals surface area contributed by atoms with Gasteiger partial charge in [-0.15, -0.1) is 0 Å². The minimum absolute atomic E-state index is 0.0484. The van der Waals surface area contributed by atoms with Crippen molar-refractivity contribution in [3.05, 3.63) is 137 Å². The highest BCUT2D eigenvalue weighted by Crippen LogP contribution is 2.52. The van der Waals surface area contributed by atoms with Crippen LogP contribution in [-0.4, -0.2) is 41.8 Å². The van der Waals surface area contributed by atoms with Gasteiger partial charge in [0.05, 0.1) is 34.8 Å². The monoisotopic (exact) mass is 761 g/mol. The summed E-state index contributed by atoms with van der Waals surface area (Å²) in [5.74, 6) is -4.43. The van der Waals surface area contributed by atoms with Crippen LogP contribution >= 0.6 is 0 Å². The summed E-state index contributed by atoms with van der Waals surface area (Å²) in [5, 5.41) is 20.9. The van der Waals surface area contributed by atoms with E-state index in [1.807, 2.05) is 36.4 Å². The fraction of sp³-hybridized carbons (Fsp3) is 0.268. The molecule has 0 spiro atoms. The highest BCUT2D eigenvalue weighted by atomic mass is 19.4. The van der Waals surface area contributed by atoms with Gasteiger partial charge in [0.2, 0.25) is 11.8 Å². The Morgan fingerprint density at radius 2 is 1.45 bits per heavy atom. The molecule has 2 amide bonds. The number of hydrogen-bond acceptors (Lipinski definition) is 6. The molecule has 4 aromatic rings. The maximum atomic E-state index is 14.2. The van der Waals surface area contributed by atoms with Gasteiger partial charge in [0.1, 0.15) is 18.1 Å². The largest absolute Gasteiger partial charge is 0.508 e. The zero-order valence-corrected chi connectivity index (χ0v) is 29.1.